The predicted molar refractivity (Wildman–Crippen MR) is 67.1 cm³/mol. The van der Waals surface area contributed by atoms with Crippen LogP contribution in [0.2, 0.25) is 0 Å². The number of hydrogen-bond donors (Lipinski definition) is 1. The summed E-state index contributed by atoms with van der Waals surface area (Å²) in [5, 5.41) is 9.26. The van der Waals surface area contributed by atoms with E-state index in [9.17, 15) is 9.90 Å². The number of likely N-dealkylation sites (tertiary alicyclic amines) is 1. The first-order chi connectivity index (χ1) is 8.13. The lowest BCUT2D eigenvalue weighted by molar-refractivity contribution is 0.0677. The van der Waals surface area contributed by atoms with E-state index in [1.165, 1.54) is 0 Å². The summed E-state index contributed by atoms with van der Waals surface area (Å²) in [5.74, 6) is 0.0581. The van der Waals surface area contributed by atoms with Crippen molar-refractivity contribution in [1.82, 2.24) is 4.90 Å². The van der Waals surface area contributed by atoms with E-state index in [2.05, 4.69) is 0 Å². The van der Waals surface area contributed by atoms with Crippen LogP contribution in [0.15, 0.2) is 18.2 Å². The van der Waals surface area contributed by atoms with Gasteiger partial charge in [-0.2, -0.15) is 0 Å². The molecule has 1 aliphatic heterocycles. The van der Waals surface area contributed by atoms with Crippen LogP contribution >= 0.6 is 0 Å². The van der Waals surface area contributed by atoms with Crippen molar-refractivity contribution in [2.45, 2.75) is 32.7 Å². The third kappa shape index (κ3) is 2.34. The summed E-state index contributed by atoms with van der Waals surface area (Å²) in [5.41, 5.74) is 2.87. The lowest BCUT2D eigenvalue weighted by Crippen LogP contribution is -2.37. The lowest BCUT2D eigenvalue weighted by Gasteiger charge is -2.24. The Morgan fingerprint density at radius 3 is 2.94 bits per heavy atom. The van der Waals surface area contributed by atoms with Gasteiger partial charge >= 0.3 is 0 Å². The van der Waals surface area contributed by atoms with Crippen molar-refractivity contribution in [3.05, 3.63) is 34.9 Å². The average Bonchev–Trinajstić information content (AvgIpc) is 2.79. The van der Waals surface area contributed by atoms with E-state index in [1.807, 2.05) is 36.9 Å². The predicted octanol–water partition coefficient (Wildman–Crippen LogP) is 1.90. The van der Waals surface area contributed by atoms with Crippen LogP contribution in [-0.4, -0.2) is 35.1 Å². The Bertz CT molecular complexity index is 428. The molecule has 2 rings (SSSR count). The first kappa shape index (κ1) is 12.1. The molecule has 0 unspecified atom stereocenters. The Kier molecular flexibility index (Phi) is 3.48. The van der Waals surface area contributed by atoms with Crippen molar-refractivity contribution >= 4 is 5.91 Å². The minimum absolute atomic E-state index is 0.00223. The largest absolute Gasteiger partial charge is 0.394 e. The molecule has 17 heavy (non-hydrogen) atoms. The number of rotatable bonds is 2. The number of amides is 1. The summed E-state index contributed by atoms with van der Waals surface area (Å²) in [6, 6.07) is 5.93. The Labute approximate surface area is 102 Å². The van der Waals surface area contributed by atoms with Gasteiger partial charge in [-0.05, 0) is 38.3 Å². The van der Waals surface area contributed by atoms with Crippen LogP contribution in [0.3, 0.4) is 0 Å². The van der Waals surface area contributed by atoms with E-state index >= 15 is 0 Å². The number of carbonyl (C=O) groups excluding carboxylic acids is 1. The first-order valence-electron chi connectivity index (χ1n) is 6.12. The zero-order valence-corrected chi connectivity index (χ0v) is 10.4. The van der Waals surface area contributed by atoms with Crippen LogP contribution in [0.1, 0.15) is 34.3 Å². The van der Waals surface area contributed by atoms with Crippen LogP contribution < -0.4 is 0 Å². The highest BCUT2D eigenvalue weighted by atomic mass is 16.3. The molecule has 92 valence electrons. The second-order valence-corrected chi connectivity index (χ2v) is 4.80. The Morgan fingerprint density at radius 2 is 2.24 bits per heavy atom. The summed E-state index contributed by atoms with van der Waals surface area (Å²) in [6.45, 7) is 4.77. The molecule has 3 heteroatoms. The lowest BCUT2D eigenvalue weighted by atomic mass is 10.0. The van der Waals surface area contributed by atoms with E-state index in [0.717, 1.165) is 36.1 Å². The van der Waals surface area contributed by atoms with Gasteiger partial charge in [0, 0.05) is 12.1 Å². The fourth-order valence-corrected chi connectivity index (χ4v) is 2.41. The van der Waals surface area contributed by atoms with Crippen LogP contribution in [0.4, 0.5) is 0 Å². The van der Waals surface area contributed by atoms with Gasteiger partial charge in [-0.15, -0.1) is 0 Å². The molecule has 0 bridgehead atoms. The molecule has 1 aromatic carbocycles. The van der Waals surface area contributed by atoms with Crippen molar-refractivity contribution in [3.63, 3.8) is 0 Å². The normalized spacial score (nSPS) is 19.7. The molecule has 0 aliphatic carbocycles. The van der Waals surface area contributed by atoms with E-state index in [1.54, 1.807) is 0 Å². The van der Waals surface area contributed by atoms with Crippen LogP contribution in [0.25, 0.3) is 0 Å². The van der Waals surface area contributed by atoms with E-state index in [-0.39, 0.29) is 18.6 Å². The molecule has 1 N–H and O–H groups in total. The van der Waals surface area contributed by atoms with Gasteiger partial charge in [-0.1, -0.05) is 17.7 Å². The number of aliphatic hydroxyl groups excluding tert-OH is 1. The smallest absolute Gasteiger partial charge is 0.254 e. The number of hydrogen-bond acceptors (Lipinski definition) is 2. The van der Waals surface area contributed by atoms with Crippen LogP contribution in [0, 0.1) is 13.8 Å². The molecule has 1 amide bonds. The molecule has 1 atom stereocenters. The summed E-state index contributed by atoms with van der Waals surface area (Å²) in [6.07, 6.45) is 1.90. The minimum Gasteiger partial charge on any atom is -0.394 e. The van der Waals surface area contributed by atoms with Crippen molar-refractivity contribution in [3.8, 4) is 0 Å². The maximum absolute atomic E-state index is 12.4. The molecule has 0 aromatic heterocycles. The van der Waals surface area contributed by atoms with Gasteiger partial charge in [-0.3, -0.25) is 4.79 Å². The van der Waals surface area contributed by atoms with E-state index in [4.69, 9.17) is 0 Å². The van der Waals surface area contributed by atoms with Crippen molar-refractivity contribution in [2.75, 3.05) is 13.2 Å². The monoisotopic (exact) mass is 233 g/mol. The van der Waals surface area contributed by atoms with Gasteiger partial charge in [0.05, 0.1) is 12.6 Å². The van der Waals surface area contributed by atoms with Crippen molar-refractivity contribution in [1.29, 1.82) is 0 Å². The summed E-state index contributed by atoms with van der Waals surface area (Å²) in [7, 11) is 0. The Balaban J connectivity index is 2.27. The van der Waals surface area contributed by atoms with Crippen LogP contribution in [0.5, 0.6) is 0 Å². The molecular formula is C14H19NO2. The molecular weight excluding hydrogens is 214 g/mol. The molecule has 1 saturated heterocycles. The second kappa shape index (κ2) is 4.88. The minimum atomic E-state index is 0.00223. The Morgan fingerprint density at radius 1 is 1.47 bits per heavy atom. The fourth-order valence-electron chi connectivity index (χ4n) is 2.41. The summed E-state index contributed by atoms with van der Waals surface area (Å²) >= 11 is 0. The van der Waals surface area contributed by atoms with Crippen LogP contribution in [-0.2, 0) is 0 Å². The third-order valence-electron chi connectivity index (χ3n) is 3.47. The van der Waals surface area contributed by atoms with E-state index < -0.39 is 0 Å². The molecule has 0 spiro atoms. The number of carbonyl (C=O) groups is 1. The zero-order valence-electron chi connectivity index (χ0n) is 10.4. The fraction of sp³-hybridized carbons (Fsp3) is 0.500. The molecule has 0 radical (unpaired) electrons. The second-order valence-electron chi connectivity index (χ2n) is 4.80. The zero-order chi connectivity index (χ0) is 12.4. The summed E-state index contributed by atoms with van der Waals surface area (Å²) < 4.78 is 0. The van der Waals surface area contributed by atoms with Gasteiger partial charge in [0.25, 0.3) is 5.91 Å². The number of benzene rings is 1. The van der Waals surface area contributed by atoms with E-state index in [0.29, 0.717) is 0 Å². The molecule has 0 saturated carbocycles. The molecule has 1 aromatic rings. The third-order valence-corrected chi connectivity index (χ3v) is 3.47. The maximum atomic E-state index is 12.4. The van der Waals surface area contributed by atoms with Gasteiger partial charge < -0.3 is 10.0 Å². The number of aliphatic hydroxyl groups is 1. The van der Waals surface area contributed by atoms with Gasteiger partial charge in [0.1, 0.15) is 0 Å². The van der Waals surface area contributed by atoms with Gasteiger partial charge in [0.15, 0.2) is 0 Å². The number of nitrogens with zero attached hydrogens (tertiary/aromatic N) is 1. The summed E-state index contributed by atoms with van der Waals surface area (Å²) in [4.78, 5) is 14.2. The average molecular weight is 233 g/mol. The number of aryl methyl sites for hydroxylation is 2. The van der Waals surface area contributed by atoms with Gasteiger partial charge in [0.2, 0.25) is 0 Å². The SMILES string of the molecule is Cc1ccc(C)c(C(=O)N2CCC[C@@H]2CO)c1. The highest BCUT2D eigenvalue weighted by molar-refractivity contribution is 5.96. The maximum Gasteiger partial charge on any atom is 0.254 e. The standard InChI is InChI=1S/C14H19NO2/c1-10-5-6-11(2)13(8-10)14(17)15-7-3-4-12(15)9-16/h5-6,8,12,16H,3-4,7,9H2,1-2H3/t12-/m1/s1. The topological polar surface area (TPSA) is 40.5 Å². The highest BCUT2D eigenvalue weighted by Crippen LogP contribution is 2.21. The van der Waals surface area contributed by atoms with Crippen molar-refractivity contribution < 1.29 is 9.90 Å². The molecule has 1 aliphatic rings. The molecule has 3 nitrogen and oxygen atoms in total. The highest BCUT2D eigenvalue weighted by Gasteiger charge is 2.29. The Hall–Kier alpha value is -1.35. The molecule has 1 fully saturated rings. The van der Waals surface area contributed by atoms with Crippen molar-refractivity contribution in [2.24, 2.45) is 0 Å². The first-order valence-corrected chi connectivity index (χ1v) is 6.12. The quantitative estimate of drug-likeness (QED) is 0.847. The van der Waals surface area contributed by atoms with Gasteiger partial charge in [-0.25, -0.2) is 0 Å². The molecule has 1 heterocycles.